The number of hydrogen-bond acceptors (Lipinski definition) is 1. The Balaban J connectivity index is 1.78. The Morgan fingerprint density at radius 1 is 1.00 bits per heavy atom. The van der Waals surface area contributed by atoms with Crippen LogP contribution in [0.2, 0.25) is 0 Å². The topological polar surface area (TPSA) is 44.9 Å². The monoisotopic (exact) mass is 304 g/mol. The van der Waals surface area contributed by atoms with E-state index in [1.807, 2.05) is 12.1 Å². The fourth-order valence-corrected chi connectivity index (χ4v) is 2.14. The van der Waals surface area contributed by atoms with Gasteiger partial charge in [-0.1, -0.05) is 0 Å². The van der Waals surface area contributed by atoms with Crippen LogP contribution in [-0.2, 0) is 6.18 Å². The summed E-state index contributed by atoms with van der Waals surface area (Å²) in [6.45, 7) is 0. The first-order chi connectivity index (χ1) is 10.4. The van der Waals surface area contributed by atoms with E-state index < -0.39 is 17.6 Å². The van der Waals surface area contributed by atoms with E-state index in [1.165, 1.54) is 0 Å². The second-order valence-electron chi connectivity index (χ2n) is 4.81. The van der Waals surface area contributed by atoms with Crippen molar-refractivity contribution in [1.29, 1.82) is 0 Å². The third-order valence-electron chi connectivity index (χ3n) is 3.29. The summed E-state index contributed by atoms with van der Waals surface area (Å²) in [6.07, 6.45) is -2.62. The number of hydrogen-bond donors (Lipinski definition) is 2. The average molecular weight is 304 g/mol. The predicted molar refractivity (Wildman–Crippen MR) is 77.7 cm³/mol. The zero-order valence-corrected chi connectivity index (χ0v) is 11.2. The van der Waals surface area contributed by atoms with Crippen molar-refractivity contribution in [2.45, 2.75) is 6.18 Å². The molecule has 1 heterocycles. The zero-order valence-electron chi connectivity index (χ0n) is 11.2. The molecule has 0 fully saturated rings. The molecule has 0 saturated heterocycles. The van der Waals surface area contributed by atoms with Crippen LogP contribution in [0.1, 0.15) is 15.9 Å². The lowest BCUT2D eigenvalue weighted by Crippen LogP contribution is -2.12. The normalized spacial score (nSPS) is 11.6. The maximum absolute atomic E-state index is 12.5. The van der Waals surface area contributed by atoms with Crippen LogP contribution in [-0.4, -0.2) is 10.9 Å². The first-order valence-electron chi connectivity index (χ1n) is 6.49. The summed E-state index contributed by atoms with van der Waals surface area (Å²) in [5.74, 6) is -0.455. The van der Waals surface area contributed by atoms with Crippen LogP contribution in [0.4, 0.5) is 18.9 Å². The van der Waals surface area contributed by atoms with Crippen LogP contribution < -0.4 is 5.32 Å². The summed E-state index contributed by atoms with van der Waals surface area (Å²) < 4.78 is 37.4. The molecule has 0 atom stereocenters. The molecule has 0 aliphatic rings. The van der Waals surface area contributed by atoms with Gasteiger partial charge in [0.25, 0.3) is 5.91 Å². The number of alkyl halides is 3. The molecule has 3 aromatic rings. The molecule has 0 radical (unpaired) electrons. The molecule has 3 nitrogen and oxygen atoms in total. The van der Waals surface area contributed by atoms with Crippen molar-refractivity contribution in [1.82, 2.24) is 4.98 Å². The van der Waals surface area contributed by atoms with Gasteiger partial charge in [0.15, 0.2) is 0 Å². The van der Waals surface area contributed by atoms with Crippen molar-refractivity contribution in [2.75, 3.05) is 5.32 Å². The highest BCUT2D eigenvalue weighted by molar-refractivity contribution is 6.05. The minimum Gasteiger partial charge on any atom is -0.361 e. The number of aromatic nitrogens is 1. The van der Waals surface area contributed by atoms with Crippen molar-refractivity contribution < 1.29 is 18.0 Å². The molecular weight excluding hydrogens is 293 g/mol. The molecule has 0 unspecified atom stereocenters. The van der Waals surface area contributed by atoms with Gasteiger partial charge in [-0.25, -0.2) is 0 Å². The number of rotatable bonds is 2. The Morgan fingerprint density at radius 3 is 2.41 bits per heavy atom. The van der Waals surface area contributed by atoms with Gasteiger partial charge in [-0.05, 0) is 48.5 Å². The van der Waals surface area contributed by atoms with E-state index in [0.717, 1.165) is 35.2 Å². The Bertz CT molecular complexity index is 819. The van der Waals surface area contributed by atoms with E-state index in [2.05, 4.69) is 10.3 Å². The maximum Gasteiger partial charge on any atom is 0.416 e. The highest BCUT2D eigenvalue weighted by Crippen LogP contribution is 2.29. The fourth-order valence-electron chi connectivity index (χ4n) is 2.14. The van der Waals surface area contributed by atoms with Crippen molar-refractivity contribution in [3.05, 3.63) is 65.9 Å². The average Bonchev–Trinajstić information content (AvgIpc) is 2.94. The molecule has 1 aromatic heterocycles. The van der Waals surface area contributed by atoms with E-state index in [4.69, 9.17) is 0 Å². The van der Waals surface area contributed by atoms with E-state index in [-0.39, 0.29) is 5.56 Å². The largest absolute Gasteiger partial charge is 0.416 e. The quantitative estimate of drug-likeness (QED) is 0.722. The molecule has 2 aromatic carbocycles. The lowest BCUT2D eigenvalue weighted by molar-refractivity contribution is -0.137. The number of H-pyrrole nitrogens is 1. The molecule has 0 bridgehead atoms. The molecule has 1 amide bonds. The van der Waals surface area contributed by atoms with Crippen LogP contribution in [0.15, 0.2) is 54.7 Å². The second-order valence-corrected chi connectivity index (χ2v) is 4.81. The molecule has 2 N–H and O–H groups in total. The van der Waals surface area contributed by atoms with Gasteiger partial charge >= 0.3 is 6.18 Å². The molecular formula is C16H11F3N2O. The standard InChI is InChI=1S/C16H11F3N2O/c17-16(18,19)12-3-1-10(2-4-12)15(22)21-13-5-6-14-11(9-13)7-8-20-14/h1-9,20H,(H,21,22). The molecule has 0 saturated carbocycles. The number of carbonyl (C=O) groups is 1. The lowest BCUT2D eigenvalue weighted by Gasteiger charge is -2.08. The van der Waals surface area contributed by atoms with Crippen LogP contribution in [0, 0.1) is 0 Å². The number of anilines is 1. The summed E-state index contributed by atoms with van der Waals surface area (Å²) in [4.78, 5) is 15.1. The molecule has 0 aliphatic carbocycles. The molecule has 6 heteroatoms. The van der Waals surface area contributed by atoms with Crippen LogP contribution in [0.25, 0.3) is 10.9 Å². The summed E-state index contributed by atoms with van der Waals surface area (Å²) in [5.41, 5.74) is 0.907. The molecule has 0 aliphatic heterocycles. The number of aromatic amines is 1. The predicted octanol–water partition coefficient (Wildman–Crippen LogP) is 4.44. The van der Waals surface area contributed by atoms with Gasteiger partial charge in [-0.2, -0.15) is 13.2 Å². The van der Waals surface area contributed by atoms with E-state index >= 15 is 0 Å². The Labute approximate surface area is 123 Å². The third kappa shape index (κ3) is 2.81. The van der Waals surface area contributed by atoms with Crippen LogP contribution in [0.3, 0.4) is 0 Å². The number of halogens is 3. The van der Waals surface area contributed by atoms with Gasteiger partial charge in [0.05, 0.1) is 5.56 Å². The molecule has 0 spiro atoms. The van der Waals surface area contributed by atoms with Crippen molar-refractivity contribution in [2.24, 2.45) is 0 Å². The van der Waals surface area contributed by atoms with Gasteiger partial charge in [0.2, 0.25) is 0 Å². The maximum atomic E-state index is 12.5. The number of amides is 1. The number of nitrogens with one attached hydrogen (secondary N) is 2. The lowest BCUT2D eigenvalue weighted by atomic mass is 10.1. The highest BCUT2D eigenvalue weighted by Gasteiger charge is 2.30. The van der Waals surface area contributed by atoms with Crippen molar-refractivity contribution in [3.63, 3.8) is 0 Å². The molecule has 22 heavy (non-hydrogen) atoms. The van der Waals surface area contributed by atoms with Crippen LogP contribution in [0.5, 0.6) is 0 Å². The first kappa shape index (κ1) is 14.2. The van der Waals surface area contributed by atoms with E-state index in [1.54, 1.807) is 18.3 Å². The summed E-state index contributed by atoms with van der Waals surface area (Å²) in [6, 6.07) is 11.3. The smallest absolute Gasteiger partial charge is 0.361 e. The van der Waals surface area contributed by atoms with Crippen LogP contribution >= 0.6 is 0 Å². The minimum atomic E-state index is -4.41. The second kappa shape index (κ2) is 5.22. The fraction of sp³-hybridized carbons (Fsp3) is 0.0625. The van der Waals surface area contributed by atoms with E-state index in [0.29, 0.717) is 5.69 Å². The van der Waals surface area contributed by atoms with Gasteiger partial charge in [-0.15, -0.1) is 0 Å². The van der Waals surface area contributed by atoms with Gasteiger partial charge in [0, 0.05) is 28.4 Å². The highest BCUT2D eigenvalue weighted by atomic mass is 19.4. The summed E-state index contributed by atoms with van der Waals surface area (Å²) >= 11 is 0. The number of benzene rings is 2. The SMILES string of the molecule is O=C(Nc1ccc2[nH]ccc2c1)c1ccc(C(F)(F)F)cc1. The number of carbonyl (C=O) groups excluding carboxylic acids is 1. The number of fused-ring (bicyclic) bond motifs is 1. The molecule has 3 rings (SSSR count). The summed E-state index contributed by atoms with van der Waals surface area (Å²) in [7, 11) is 0. The summed E-state index contributed by atoms with van der Waals surface area (Å²) in [5, 5.41) is 3.60. The third-order valence-corrected chi connectivity index (χ3v) is 3.29. The van der Waals surface area contributed by atoms with Gasteiger partial charge < -0.3 is 10.3 Å². The Hall–Kier alpha value is -2.76. The van der Waals surface area contributed by atoms with Gasteiger partial charge in [0.1, 0.15) is 0 Å². The zero-order chi connectivity index (χ0) is 15.7. The first-order valence-corrected chi connectivity index (χ1v) is 6.49. The van der Waals surface area contributed by atoms with Crippen molar-refractivity contribution in [3.8, 4) is 0 Å². The minimum absolute atomic E-state index is 0.169. The molecule has 112 valence electrons. The Kier molecular flexibility index (Phi) is 3.36. The van der Waals surface area contributed by atoms with Crippen molar-refractivity contribution >= 4 is 22.5 Å². The van der Waals surface area contributed by atoms with Gasteiger partial charge in [-0.3, -0.25) is 4.79 Å². The van der Waals surface area contributed by atoms with E-state index in [9.17, 15) is 18.0 Å². The Morgan fingerprint density at radius 2 is 1.73 bits per heavy atom.